The van der Waals surface area contributed by atoms with E-state index < -0.39 is 10.0 Å². The van der Waals surface area contributed by atoms with E-state index >= 15 is 0 Å². The normalized spacial score (nSPS) is 15.8. The number of urea groups is 1. The molecule has 0 unspecified atom stereocenters. The molecule has 8 nitrogen and oxygen atoms in total. The summed E-state index contributed by atoms with van der Waals surface area (Å²) in [7, 11) is -3.79. The van der Waals surface area contributed by atoms with Crippen LogP contribution in [0.15, 0.2) is 47.6 Å². The molecule has 0 spiro atoms. The van der Waals surface area contributed by atoms with Crippen LogP contribution in [0.25, 0.3) is 0 Å². The Kier molecular flexibility index (Phi) is 5.58. The molecule has 2 aromatic rings. The maximum Gasteiger partial charge on any atom is 0.321 e. The van der Waals surface area contributed by atoms with Crippen LogP contribution in [0.3, 0.4) is 0 Å². The highest BCUT2D eigenvalue weighted by atomic mass is 32.2. The number of amides is 2. The minimum Gasteiger partial charge on any atom is -0.325 e. The van der Waals surface area contributed by atoms with Crippen molar-refractivity contribution in [2.75, 3.05) is 18.4 Å². The van der Waals surface area contributed by atoms with Gasteiger partial charge in [-0.05, 0) is 49.4 Å². The number of anilines is 1. The number of hydrogen-bond donors (Lipinski definition) is 2. The highest BCUT2D eigenvalue weighted by Gasteiger charge is 2.23. The zero-order chi connectivity index (χ0) is 18.6. The zero-order valence-corrected chi connectivity index (χ0v) is 15.2. The predicted molar refractivity (Wildman–Crippen MR) is 98.0 cm³/mol. The quantitative estimate of drug-likeness (QED) is 0.828. The molecule has 1 aliphatic heterocycles. The molecule has 26 heavy (non-hydrogen) atoms. The molecule has 9 heteroatoms. The van der Waals surface area contributed by atoms with E-state index in [9.17, 15) is 13.2 Å². The van der Waals surface area contributed by atoms with E-state index in [1.165, 1.54) is 12.1 Å². The topological polar surface area (TPSA) is 110 Å². The number of aromatic nitrogens is 2. The van der Waals surface area contributed by atoms with E-state index in [1.807, 2.05) is 16.9 Å². The van der Waals surface area contributed by atoms with Crippen molar-refractivity contribution in [1.82, 2.24) is 14.7 Å². The number of nitrogens with zero attached hydrogens (tertiary/aromatic N) is 3. The first kappa shape index (κ1) is 18.4. The first-order valence-corrected chi connectivity index (χ1v) is 10.1. The number of hydrogen-bond acceptors (Lipinski definition) is 4. The second-order valence-electron chi connectivity index (χ2n) is 6.49. The summed E-state index contributed by atoms with van der Waals surface area (Å²) in [6, 6.07) is 7.65. The molecule has 140 valence electrons. The Morgan fingerprint density at radius 1 is 1.27 bits per heavy atom. The van der Waals surface area contributed by atoms with Gasteiger partial charge in [0.2, 0.25) is 10.0 Å². The van der Waals surface area contributed by atoms with Crippen molar-refractivity contribution >= 4 is 21.7 Å². The summed E-state index contributed by atoms with van der Waals surface area (Å²) in [6.07, 6.45) is 6.68. The summed E-state index contributed by atoms with van der Waals surface area (Å²) < 4.78 is 24.7. The van der Waals surface area contributed by atoms with Crippen molar-refractivity contribution in [1.29, 1.82) is 0 Å². The maximum atomic E-state index is 12.4. The minimum absolute atomic E-state index is 0.0207. The summed E-state index contributed by atoms with van der Waals surface area (Å²) in [5.74, 6) is 0.578. The fourth-order valence-corrected chi connectivity index (χ4v) is 3.69. The lowest BCUT2D eigenvalue weighted by atomic mass is 9.94. The van der Waals surface area contributed by atoms with Crippen molar-refractivity contribution in [3.63, 3.8) is 0 Å². The molecular weight excluding hydrogens is 354 g/mol. The highest BCUT2D eigenvalue weighted by Crippen LogP contribution is 2.22. The van der Waals surface area contributed by atoms with Gasteiger partial charge >= 0.3 is 6.03 Å². The SMILES string of the molecule is NS(=O)(=O)c1cccc(NC(=O)N2CCC(CCn3cccn3)CC2)c1. The van der Waals surface area contributed by atoms with Crippen molar-refractivity contribution in [2.45, 2.75) is 30.7 Å². The number of benzene rings is 1. The fourth-order valence-electron chi connectivity index (χ4n) is 3.13. The average molecular weight is 377 g/mol. The van der Waals surface area contributed by atoms with Crippen LogP contribution in [-0.4, -0.2) is 42.2 Å². The van der Waals surface area contributed by atoms with Gasteiger partial charge in [0.05, 0.1) is 4.90 Å². The monoisotopic (exact) mass is 377 g/mol. The van der Waals surface area contributed by atoms with Crippen LogP contribution >= 0.6 is 0 Å². The van der Waals surface area contributed by atoms with Crippen LogP contribution in [0, 0.1) is 5.92 Å². The second kappa shape index (κ2) is 7.88. The molecule has 0 atom stereocenters. The maximum absolute atomic E-state index is 12.4. The summed E-state index contributed by atoms with van der Waals surface area (Å²) in [5.41, 5.74) is 0.419. The molecule has 1 saturated heterocycles. The Labute approximate surface area is 153 Å². The van der Waals surface area contributed by atoms with Gasteiger partial charge in [-0.2, -0.15) is 5.10 Å². The zero-order valence-electron chi connectivity index (χ0n) is 14.4. The average Bonchev–Trinajstić information content (AvgIpc) is 3.13. The molecule has 0 radical (unpaired) electrons. The lowest BCUT2D eigenvalue weighted by molar-refractivity contribution is 0.177. The van der Waals surface area contributed by atoms with Crippen LogP contribution in [0.5, 0.6) is 0 Å². The molecule has 0 aliphatic carbocycles. The first-order chi connectivity index (χ1) is 12.4. The second-order valence-corrected chi connectivity index (χ2v) is 8.05. The number of nitrogens with two attached hydrogens (primary N) is 1. The Hall–Kier alpha value is -2.39. The number of carbonyl (C=O) groups is 1. The van der Waals surface area contributed by atoms with E-state index in [0.29, 0.717) is 24.7 Å². The fraction of sp³-hybridized carbons (Fsp3) is 0.412. The predicted octanol–water partition coefficient (Wildman–Crippen LogP) is 1.86. The molecule has 2 amide bonds. The summed E-state index contributed by atoms with van der Waals surface area (Å²) in [4.78, 5) is 14.1. The Morgan fingerprint density at radius 3 is 2.69 bits per heavy atom. The number of sulfonamides is 1. The number of carbonyl (C=O) groups excluding carboxylic acids is 1. The molecule has 0 saturated carbocycles. The van der Waals surface area contributed by atoms with Crippen molar-refractivity contribution in [3.8, 4) is 0 Å². The van der Waals surface area contributed by atoms with Gasteiger partial charge in [0.15, 0.2) is 0 Å². The molecule has 3 N–H and O–H groups in total. The van der Waals surface area contributed by atoms with E-state index in [1.54, 1.807) is 23.2 Å². The van der Waals surface area contributed by atoms with Gasteiger partial charge in [-0.1, -0.05) is 6.07 Å². The van der Waals surface area contributed by atoms with Gasteiger partial charge in [0.25, 0.3) is 0 Å². The van der Waals surface area contributed by atoms with Crippen LogP contribution in [0.1, 0.15) is 19.3 Å². The molecule has 2 heterocycles. The van der Waals surface area contributed by atoms with Gasteiger partial charge in [-0.25, -0.2) is 18.4 Å². The Balaban J connectivity index is 1.49. The molecule has 1 fully saturated rings. The third-order valence-corrected chi connectivity index (χ3v) is 5.55. The van der Waals surface area contributed by atoms with Gasteiger partial charge in [0, 0.05) is 37.7 Å². The standard InChI is InChI=1S/C17H23N5O3S/c18-26(24,25)16-4-1-3-15(13-16)20-17(23)21-10-5-14(6-11-21)7-12-22-9-2-8-19-22/h1-4,8-9,13-14H,5-7,10-12H2,(H,20,23)(H2,18,24,25). The lowest BCUT2D eigenvalue weighted by Crippen LogP contribution is -2.41. The van der Waals surface area contributed by atoms with Crippen LogP contribution < -0.4 is 10.5 Å². The summed E-state index contributed by atoms with van der Waals surface area (Å²) in [5, 5.41) is 12.1. The van der Waals surface area contributed by atoms with Crippen molar-refractivity contribution < 1.29 is 13.2 Å². The number of primary sulfonamides is 1. The lowest BCUT2D eigenvalue weighted by Gasteiger charge is -2.32. The van der Waals surface area contributed by atoms with Crippen molar-refractivity contribution in [3.05, 3.63) is 42.7 Å². The number of piperidine rings is 1. The Morgan fingerprint density at radius 2 is 2.04 bits per heavy atom. The number of aryl methyl sites for hydroxylation is 1. The van der Waals surface area contributed by atoms with E-state index in [0.717, 1.165) is 25.8 Å². The van der Waals surface area contributed by atoms with Gasteiger partial charge in [-0.3, -0.25) is 4.68 Å². The van der Waals surface area contributed by atoms with E-state index in [2.05, 4.69) is 10.4 Å². The van der Waals surface area contributed by atoms with Crippen LogP contribution in [0.2, 0.25) is 0 Å². The smallest absolute Gasteiger partial charge is 0.321 e. The summed E-state index contributed by atoms with van der Waals surface area (Å²) >= 11 is 0. The van der Waals surface area contributed by atoms with E-state index in [-0.39, 0.29) is 10.9 Å². The molecule has 1 aromatic carbocycles. The molecule has 1 aliphatic rings. The van der Waals surface area contributed by atoms with Crippen LogP contribution in [-0.2, 0) is 16.6 Å². The van der Waals surface area contributed by atoms with Gasteiger partial charge < -0.3 is 10.2 Å². The molecule has 1 aromatic heterocycles. The summed E-state index contributed by atoms with van der Waals surface area (Å²) in [6.45, 7) is 2.26. The van der Waals surface area contributed by atoms with Gasteiger partial charge in [-0.15, -0.1) is 0 Å². The molecular formula is C17H23N5O3S. The third kappa shape index (κ3) is 4.83. The largest absolute Gasteiger partial charge is 0.325 e. The van der Waals surface area contributed by atoms with Crippen LogP contribution in [0.4, 0.5) is 10.5 Å². The Bertz CT molecular complexity index is 843. The van der Waals surface area contributed by atoms with Gasteiger partial charge in [0.1, 0.15) is 0 Å². The number of rotatable bonds is 5. The molecule has 0 bridgehead atoms. The number of likely N-dealkylation sites (tertiary alicyclic amines) is 1. The third-order valence-electron chi connectivity index (χ3n) is 4.64. The minimum atomic E-state index is -3.79. The first-order valence-electron chi connectivity index (χ1n) is 8.58. The molecule has 3 rings (SSSR count). The van der Waals surface area contributed by atoms with E-state index in [4.69, 9.17) is 5.14 Å². The number of nitrogens with one attached hydrogen (secondary N) is 1. The van der Waals surface area contributed by atoms with Crippen molar-refractivity contribution in [2.24, 2.45) is 11.1 Å². The highest BCUT2D eigenvalue weighted by molar-refractivity contribution is 7.89.